The van der Waals surface area contributed by atoms with E-state index in [1.54, 1.807) is 17.0 Å². The Labute approximate surface area is 174 Å². The lowest BCUT2D eigenvalue weighted by atomic mass is 9.77. The van der Waals surface area contributed by atoms with Crippen molar-refractivity contribution in [3.63, 3.8) is 0 Å². The van der Waals surface area contributed by atoms with Crippen LogP contribution in [0.5, 0.6) is 5.75 Å². The number of benzene rings is 2. The molecule has 0 saturated carbocycles. The molecule has 1 unspecified atom stereocenters. The molecule has 0 N–H and O–H groups in total. The van der Waals surface area contributed by atoms with Gasteiger partial charge in [-0.2, -0.15) is 0 Å². The first kappa shape index (κ1) is 19.8. The van der Waals surface area contributed by atoms with Crippen molar-refractivity contribution in [3.05, 3.63) is 75.5 Å². The van der Waals surface area contributed by atoms with Gasteiger partial charge < -0.3 is 4.74 Å². The molecular formula is C23H22N2O5. The molecule has 0 radical (unpaired) electrons. The van der Waals surface area contributed by atoms with E-state index in [0.717, 1.165) is 5.56 Å². The SMILES string of the molecule is CCOc1ccccc1C1CC(=O)N(c2ccc([N+](=O)[O-])cc2)C2=C1C(=O)CCC2. The lowest BCUT2D eigenvalue weighted by Crippen LogP contribution is -2.40. The Morgan fingerprint density at radius 3 is 2.53 bits per heavy atom. The summed E-state index contributed by atoms with van der Waals surface area (Å²) in [6, 6.07) is 13.4. The van der Waals surface area contributed by atoms with Gasteiger partial charge in [0.2, 0.25) is 5.91 Å². The van der Waals surface area contributed by atoms with Crippen molar-refractivity contribution >= 4 is 23.1 Å². The number of carbonyl (C=O) groups excluding carboxylic acids is 2. The Morgan fingerprint density at radius 2 is 1.83 bits per heavy atom. The number of nitro groups is 1. The van der Waals surface area contributed by atoms with Crippen LogP contribution in [0.3, 0.4) is 0 Å². The number of para-hydroxylation sites is 1. The zero-order valence-corrected chi connectivity index (χ0v) is 16.7. The van der Waals surface area contributed by atoms with Crippen LogP contribution < -0.4 is 9.64 Å². The number of carbonyl (C=O) groups is 2. The Kier molecular flexibility index (Phi) is 5.35. The predicted molar refractivity (Wildman–Crippen MR) is 111 cm³/mol. The molecule has 7 heteroatoms. The smallest absolute Gasteiger partial charge is 0.269 e. The van der Waals surface area contributed by atoms with Gasteiger partial charge in [-0.25, -0.2) is 0 Å². The van der Waals surface area contributed by atoms with Gasteiger partial charge >= 0.3 is 0 Å². The third kappa shape index (κ3) is 3.47. The Morgan fingerprint density at radius 1 is 1.10 bits per heavy atom. The summed E-state index contributed by atoms with van der Waals surface area (Å²) in [6.45, 7) is 2.39. The van der Waals surface area contributed by atoms with Crippen LogP contribution in [0.4, 0.5) is 11.4 Å². The summed E-state index contributed by atoms with van der Waals surface area (Å²) in [5.74, 6) is 0.254. The molecule has 0 aromatic heterocycles. The van der Waals surface area contributed by atoms with E-state index in [2.05, 4.69) is 0 Å². The topological polar surface area (TPSA) is 89.8 Å². The fraction of sp³-hybridized carbons (Fsp3) is 0.304. The van der Waals surface area contributed by atoms with Crippen LogP contribution in [0, 0.1) is 10.1 Å². The maximum atomic E-state index is 13.2. The fourth-order valence-electron chi connectivity index (χ4n) is 4.34. The summed E-state index contributed by atoms with van der Waals surface area (Å²) in [7, 11) is 0. The minimum atomic E-state index is -0.475. The highest BCUT2D eigenvalue weighted by molar-refractivity contribution is 6.07. The number of ether oxygens (including phenoxy) is 1. The van der Waals surface area contributed by atoms with Crippen molar-refractivity contribution < 1.29 is 19.2 Å². The minimum absolute atomic E-state index is 0.0411. The zero-order valence-electron chi connectivity index (χ0n) is 16.7. The van der Waals surface area contributed by atoms with Crippen molar-refractivity contribution in [1.29, 1.82) is 0 Å². The fourth-order valence-corrected chi connectivity index (χ4v) is 4.34. The second-order valence-electron chi connectivity index (χ2n) is 7.37. The number of nitrogens with zero attached hydrogens (tertiary/aromatic N) is 2. The number of amides is 1. The highest BCUT2D eigenvalue weighted by Crippen LogP contribution is 2.45. The molecular weight excluding hydrogens is 384 g/mol. The highest BCUT2D eigenvalue weighted by Gasteiger charge is 2.40. The van der Waals surface area contributed by atoms with Crippen LogP contribution in [0.15, 0.2) is 59.8 Å². The summed E-state index contributed by atoms with van der Waals surface area (Å²) < 4.78 is 5.76. The number of anilines is 1. The number of rotatable bonds is 5. The van der Waals surface area contributed by atoms with Crippen LogP contribution in [0.1, 0.15) is 44.1 Å². The molecule has 2 aromatic carbocycles. The molecule has 2 aliphatic rings. The standard InChI is InChI=1S/C23H22N2O5/c1-2-30-21-9-4-3-6-17(21)18-14-22(27)24(19-7-5-8-20(26)23(18)19)15-10-12-16(13-11-15)25(28)29/h3-4,6,9-13,18H,2,5,7-8,14H2,1H3. The van der Waals surface area contributed by atoms with Crippen molar-refractivity contribution in [1.82, 2.24) is 0 Å². The lowest BCUT2D eigenvalue weighted by molar-refractivity contribution is -0.384. The van der Waals surface area contributed by atoms with Crippen molar-refractivity contribution in [2.45, 2.75) is 38.5 Å². The number of non-ortho nitro benzene ring substituents is 1. The summed E-state index contributed by atoms with van der Waals surface area (Å²) >= 11 is 0. The van der Waals surface area contributed by atoms with Gasteiger partial charge in [0.1, 0.15) is 5.75 Å². The number of hydrogen-bond acceptors (Lipinski definition) is 5. The monoisotopic (exact) mass is 406 g/mol. The molecule has 7 nitrogen and oxygen atoms in total. The molecule has 1 atom stereocenters. The van der Waals surface area contributed by atoms with E-state index in [1.165, 1.54) is 12.1 Å². The summed E-state index contributed by atoms with van der Waals surface area (Å²) in [5.41, 5.74) is 2.71. The molecule has 2 aromatic rings. The van der Waals surface area contributed by atoms with Gasteiger partial charge in [-0.15, -0.1) is 0 Å². The van der Waals surface area contributed by atoms with Gasteiger partial charge in [0.25, 0.3) is 5.69 Å². The summed E-state index contributed by atoms with van der Waals surface area (Å²) in [6.07, 6.45) is 1.88. The Bertz CT molecular complexity index is 1040. The highest BCUT2D eigenvalue weighted by atomic mass is 16.6. The van der Waals surface area contributed by atoms with Gasteiger partial charge in [0.05, 0.1) is 11.5 Å². The van der Waals surface area contributed by atoms with E-state index in [0.29, 0.717) is 48.6 Å². The molecule has 4 rings (SSSR count). The van der Waals surface area contributed by atoms with E-state index in [9.17, 15) is 19.7 Å². The lowest BCUT2D eigenvalue weighted by Gasteiger charge is -2.38. The van der Waals surface area contributed by atoms with Crippen molar-refractivity contribution in [2.24, 2.45) is 0 Å². The van der Waals surface area contributed by atoms with Crippen LogP contribution in [0.2, 0.25) is 0 Å². The summed E-state index contributed by atoms with van der Waals surface area (Å²) in [4.78, 5) is 38.3. The number of nitro benzene ring substituents is 1. The van der Waals surface area contributed by atoms with E-state index < -0.39 is 4.92 Å². The predicted octanol–water partition coefficient (Wildman–Crippen LogP) is 4.52. The van der Waals surface area contributed by atoms with E-state index in [1.807, 2.05) is 31.2 Å². The van der Waals surface area contributed by atoms with Crippen LogP contribution in [-0.2, 0) is 9.59 Å². The van der Waals surface area contributed by atoms with E-state index in [4.69, 9.17) is 4.74 Å². The molecule has 0 fully saturated rings. The van der Waals surface area contributed by atoms with Crippen LogP contribution >= 0.6 is 0 Å². The maximum absolute atomic E-state index is 13.2. The first-order valence-electron chi connectivity index (χ1n) is 10.1. The summed E-state index contributed by atoms with van der Waals surface area (Å²) in [5, 5.41) is 11.0. The molecule has 1 amide bonds. The third-order valence-corrected chi connectivity index (χ3v) is 5.59. The maximum Gasteiger partial charge on any atom is 0.269 e. The van der Waals surface area contributed by atoms with Crippen LogP contribution in [-0.4, -0.2) is 23.2 Å². The normalized spacial score (nSPS) is 19.0. The molecule has 0 bridgehead atoms. The first-order chi connectivity index (χ1) is 14.5. The molecule has 0 spiro atoms. The average Bonchev–Trinajstić information content (AvgIpc) is 2.74. The number of Topliss-reactive ketones (excluding diaryl/α,β-unsaturated/α-hetero) is 1. The van der Waals surface area contributed by atoms with E-state index >= 15 is 0 Å². The molecule has 1 aliphatic carbocycles. The first-order valence-corrected chi connectivity index (χ1v) is 10.1. The molecule has 0 saturated heterocycles. The van der Waals surface area contributed by atoms with Gasteiger partial charge in [-0.05, 0) is 38.0 Å². The van der Waals surface area contributed by atoms with Crippen molar-refractivity contribution in [3.8, 4) is 5.75 Å². The quantitative estimate of drug-likeness (QED) is 0.538. The Balaban J connectivity index is 1.82. The zero-order chi connectivity index (χ0) is 21.3. The molecule has 154 valence electrons. The number of allylic oxidation sites excluding steroid dienone is 2. The van der Waals surface area contributed by atoms with Crippen molar-refractivity contribution in [2.75, 3.05) is 11.5 Å². The Hall–Kier alpha value is -3.48. The minimum Gasteiger partial charge on any atom is -0.494 e. The molecule has 1 heterocycles. The average molecular weight is 406 g/mol. The molecule has 30 heavy (non-hydrogen) atoms. The van der Waals surface area contributed by atoms with Gasteiger partial charge in [-0.1, -0.05) is 18.2 Å². The number of ketones is 1. The van der Waals surface area contributed by atoms with E-state index in [-0.39, 0.29) is 29.7 Å². The third-order valence-electron chi connectivity index (χ3n) is 5.59. The van der Waals surface area contributed by atoms with Gasteiger partial charge in [-0.3, -0.25) is 24.6 Å². The number of hydrogen-bond donors (Lipinski definition) is 0. The van der Waals surface area contributed by atoms with Crippen LogP contribution in [0.25, 0.3) is 0 Å². The second kappa shape index (κ2) is 8.10. The second-order valence-corrected chi connectivity index (χ2v) is 7.37. The molecule has 1 aliphatic heterocycles. The van der Waals surface area contributed by atoms with Gasteiger partial charge in [0.15, 0.2) is 5.78 Å². The van der Waals surface area contributed by atoms with Gasteiger partial charge in [0, 0.05) is 53.4 Å². The largest absolute Gasteiger partial charge is 0.494 e.